The minimum absolute atomic E-state index is 0.198. The van der Waals surface area contributed by atoms with E-state index < -0.39 is 0 Å². The van der Waals surface area contributed by atoms with E-state index in [-0.39, 0.29) is 17.4 Å². The van der Waals surface area contributed by atoms with Gasteiger partial charge in [0, 0.05) is 18.8 Å². The molecule has 0 saturated carbocycles. The van der Waals surface area contributed by atoms with Crippen molar-refractivity contribution < 1.29 is 9.18 Å². The first-order chi connectivity index (χ1) is 12.7. The molecule has 0 radical (unpaired) electrons. The molecule has 0 aliphatic rings. The highest BCUT2D eigenvalue weighted by Crippen LogP contribution is 2.16. The topological polar surface area (TPSA) is 58.1 Å². The number of hydrogen-bond acceptors (Lipinski definition) is 4. The highest BCUT2D eigenvalue weighted by molar-refractivity contribution is 6.04. The average molecular weight is 350 g/mol. The van der Waals surface area contributed by atoms with Crippen molar-refractivity contribution in [3.63, 3.8) is 0 Å². The lowest BCUT2D eigenvalue weighted by Crippen LogP contribution is -2.31. The Labute approximate surface area is 151 Å². The van der Waals surface area contributed by atoms with Crippen LogP contribution in [0.15, 0.2) is 66.7 Å². The van der Waals surface area contributed by atoms with E-state index in [1.165, 1.54) is 12.1 Å². The fraction of sp³-hybridized carbons (Fsp3) is 0.150. The molecule has 0 fully saturated rings. The van der Waals surface area contributed by atoms with Gasteiger partial charge in [-0.05, 0) is 48.9 Å². The Morgan fingerprint density at radius 1 is 1.00 bits per heavy atom. The largest absolute Gasteiger partial charge is 0.365 e. The van der Waals surface area contributed by atoms with E-state index in [0.717, 1.165) is 11.3 Å². The van der Waals surface area contributed by atoms with E-state index in [1.54, 1.807) is 29.2 Å². The molecular formula is C20H19FN4O. The Balaban J connectivity index is 1.66. The molecule has 132 valence electrons. The maximum Gasteiger partial charge on any atom is 0.278 e. The predicted octanol–water partition coefficient (Wildman–Crippen LogP) is 3.89. The Morgan fingerprint density at radius 2 is 1.73 bits per heavy atom. The maximum absolute atomic E-state index is 12.9. The van der Waals surface area contributed by atoms with E-state index in [9.17, 15) is 9.18 Å². The second kappa shape index (κ2) is 8.20. The molecule has 1 N–H and O–H groups in total. The lowest BCUT2D eigenvalue weighted by atomic mass is 10.2. The van der Waals surface area contributed by atoms with Crippen LogP contribution in [0.2, 0.25) is 0 Å². The van der Waals surface area contributed by atoms with Crippen LogP contribution in [0.5, 0.6) is 0 Å². The number of halogens is 1. The molecule has 0 unspecified atom stereocenters. The van der Waals surface area contributed by atoms with Gasteiger partial charge < -0.3 is 10.2 Å². The number of hydrogen-bond donors (Lipinski definition) is 1. The zero-order valence-electron chi connectivity index (χ0n) is 14.4. The number of rotatable bonds is 6. The third kappa shape index (κ3) is 4.22. The van der Waals surface area contributed by atoms with Gasteiger partial charge in [-0.2, -0.15) is 0 Å². The first kappa shape index (κ1) is 17.5. The van der Waals surface area contributed by atoms with Gasteiger partial charge in [-0.15, -0.1) is 10.2 Å². The SMILES string of the molecule is CCN(C(=O)c1ccc(NCc2ccc(F)cc2)nn1)c1ccccc1. The first-order valence-electron chi connectivity index (χ1n) is 8.36. The minimum Gasteiger partial charge on any atom is -0.365 e. The van der Waals surface area contributed by atoms with Crippen molar-refractivity contribution in [1.29, 1.82) is 0 Å². The quantitative estimate of drug-likeness (QED) is 0.733. The van der Waals surface area contributed by atoms with Gasteiger partial charge >= 0.3 is 0 Å². The predicted molar refractivity (Wildman–Crippen MR) is 99.6 cm³/mol. The summed E-state index contributed by atoms with van der Waals surface area (Å²) in [5.41, 5.74) is 2.03. The number of para-hydroxylation sites is 1. The zero-order chi connectivity index (χ0) is 18.4. The van der Waals surface area contributed by atoms with E-state index >= 15 is 0 Å². The van der Waals surface area contributed by atoms with Crippen molar-refractivity contribution in [2.75, 3.05) is 16.8 Å². The Bertz CT molecular complexity index is 851. The van der Waals surface area contributed by atoms with Gasteiger partial charge in [-0.1, -0.05) is 30.3 Å². The van der Waals surface area contributed by atoms with E-state index in [2.05, 4.69) is 15.5 Å². The molecule has 26 heavy (non-hydrogen) atoms. The van der Waals surface area contributed by atoms with Crippen LogP contribution >= 0.6 is 0 Å². The fourth-order valence-corrected chi connectivity index (χ4v) is 2.53. The molecule has 0 bridgehead atoms. The van der Waals surface area contributed by atoms with E-state index in [0.29, 0.717) is 18.9 Å². The van der Waals surface area contributed by atoms with E-state index in [4.69, 9.17) is 0 Å². The van der Waals surface area contributed by atoms with Gasteiger partial charge in [-0.25, -0.2) is 4.39 Å². The Hall–Kier alpha value is -3.28. The summed E-state index contributed by atoms with van der Waals surface area (Å²) < 4.78 is 12.9. The molecule has 6 heteroatoms. The summed E-state index contributed by atoms with van der Waals surface area (Å²) in [7, 11) is 0. The number of nitrogens with zero attached hydrogens (tertiary/aromatic N) is 3. The number of anilines is 2. The molecule has 1 aromatic heterocycles. The second-order valence-electron chi connectivity index (χ2n) is 5.67. The molecular weight excluding hydrogens is 331 g/mol. The summed E-state index contributed by atoms with van der Waals surface area (Å²) in [4.78, 5) is 14.3. The second-order valence-corrected chi connectivity index (χ2v) is 5.67. The number of amides is 1. The smallest absolute Gasteiger partial charge is 0.278 e. The summed E-state index contributed by atoms with van der Waals surface area (Å²) in [5.74, 6) is 0.0835. The number of carbonyl (C=O) groups excluding carboxylic acids is 1. The minimum atomic E-state index is -0.268. The number of nitrogens with one attached hydrogen (secondary N) is 1. The highest BCUT2D eigenvalue weighted by Gasteiger charge is 2.17. The summed E-state index contributed by atoms with van der Waals surface area (Å²) in [5, 5.41) is 11.2. The van der Waals surface area contributed by atoms with Crippen molar-refractivity contribution in [3.05, 3.63) is 83.8 Å². The van der Waals surface area contributed by atoms with Gasteiger partial charge in [0.05, 0.1) is 0 Å². The standard InChI is InChI=1S/C20H19FN4O/c1-2-25(17-6-4-3-5-7-17)20(26)18-12-13-19(24-23-18)22-14-15-8-10-16(21)11-9-15/h3-13H,2,14H2,1H3,(H,22,24). The molecule has 3 rings (SSSR count). The highest BCUT2D eigenvalue weighted by atomic mass is 19.1. The molecule has 3 aromatic rings. The summed E-state index contributed by atoms with van der Waals surface area (Å²) in [6.07, 6.45) is 0. The molecule has 2 aromatic carbocycles. The summed E-state index contributed by atoms with van der Waals surface area (Å²) in [6, 6.07) is 19.0. The molecule has 0 atom stereocenters. The van der Waals surface area contributed by atoms with Gasteiger partial charge in [0.2, 0.25) is 0 Å². The van der Waals surface area contributed by atoms with Gasteiger partial charge in [-0.3, -0.25) is 4.79 Å². The third-order valence-corrected chi connectivity index (χ3v) is 3.90. The van der Waals surface area contributed by atoms with Crippen LogP contribution in [-0.2, 0) is 6.54 Å². The normalized spacial score (nSPS) is 10.4. The summed E-state index contributed by atoms with van der Waals surface area (Å²) in [6.45, 7) is 2.94. The van der Waals surface area contributed by atoms with Crippen molar-refractivity contribution >= 4 is 17.4 Å². The number of carbonyl (C=O) groups is 1. The summed E-state index contributed by atoms with van der Waals surface area (Å²) >= 11 is 0. The van der Waals surface area contributed by atoms with Crippen LogP contribution in [0, 0.1) is 5.82 Å². The lowest BCUT2D eigenvalue weighted by molar-refractivity contribution is 0.0982. The average Bonchev–Trinajstić information content (AvgIpc) is 2.69. The molecule has 0 aliphatic heterocycles. The molecule has 1 heterocycles. The van der Waals surface area contributed by atoms with Crippen LogP contribution in [0.25, 0.3) is 0 Å². The van der Waals surface area contributed by atoms with Crippen molar-refractivity contribution in [1.82, 2.24) is 10.2 Å². The molecule has 5 nitrogen and oxygen atoms in total. The van der Waals surface area contributed by atoms with Gasteiger partial charge in [0.15, 0.2) is 5.69 Å². The fourth-order valence-electron chi connectivity index (χ4n) is 2.53. The number of benzene rings is 2. The zero-order valence-corrected chi connectivity index (χ0v) is 14.4. The Kier molecular flexibility index (Phi) is 5.53. The van der Waals surface area contributed by atoms with Crippen LogP contribution < -0.4 is 10.2 Å². The molecule has 0 saturated heterocycles. The van der Waals surface area contributed by atoms with Crippen molar-refractivity contribution in [2.45, 2.75) is 13.5 Å². The first-order valence-corrected chi connectivity index (χ1v) is 8.36. The lowest BCUT2D eigenvalue weighted by Gasteiger charge is -2.20. The van der Waals surface area contributed by atoms with Crippen LogP contribution in [0.3, 0.4) is 0 Å². The van der Waals surface area contributed by atoms with E-state index in [1.807, 2.05) is 37.3 Å². The van der Waals surface area contributed by atoms with Gasteiger partial charge in [0.25, 0.3) is 5.91 Å². The monoisotopic (exact) mass is 350 g/mol. The molecule has 0 aliphatic carbocycles. The van der Waals surface area contributed by atoms with Crippen LogP contribution in [-0.4, -0.2) is 22.6 Å². The van der Waals surface area contributed by atoms with Gasteiger partial charge in [0.1, 0.15) is 11.6 Å². The molecule has 0 spiro atoms. The maximum atomic E-state index is 12.9. The van der Waals surface area contributed by atoms with Crippen LogP contribution in [0.1, 0.15) is 23.0 Å². The molecule has 1 amide bonds. The van der Waals surface area contributed by atoms with Crippen molar-refractivity contribution in [3.8, 4) is 0 Å². The van der Waals surface area contributed by atoms with Crippen LogP contribution in [0.4, 0.5) is 15.9 Å². The Morgan fingerprint density at radius 3 is 2.35 bits per heavy atom. The van der Waals surface area contributed by atoms with Crippen molar-refractivity contribution in [2.24, 2.45) is 0 Å². The third-order valence-electron chi connectivity index (χ3n) is 3.90. The number of aromatic nitrogens is 2.